The van der Waals surface area contributed by atoms with Gasteiger partial charge in [0.2, 0.25) is 5.91 Å². The van der Waals surface area contributed by atoms with E-state index in [0.29, 0.717) is 38.2 Å². The molecule has 48 heavy (non-hydrogen) atoms. The molecule has 12 nitrogen and oxygen atoms in total. The molecule has 3 saturated heterocycles. The third-order valence-electron chi connectivity index (χ3n) is 9.28. The number of esters is 1. The predicted octanol–water partition coefficient (Wildman–Crippen LogP) is 3.84. The average Bonchev–Trinajstić information content (AvgIpc) is 3.43. The van der Waals surface area contributed by atoms with Gasteiger partial charge in [-0.05, 0) is 55.2 Å². The number of nitrogens with zero attached hydrogens (tertiary/aromatic N) is 2. The molecule has 254 valence electrons. The fourth-order valence-corrected chi connectivity index (χ4v) is 6.76. The van der Waals surface area contributed by atoms with E-state index in [1.54, 1.807) is 19.1 Å². The molecule has 0 aromatic heterocycles. The number of aliphatic hydroxyl groups is 1. The van der Waals surface area contributed by atoms with Crippen molar-refractivity contribution in [2.24, 2.45) is 0 Å². The number of carbonyl (C=O) groups excluding carboxylic acids is 3. The second-order valence-electron chi connectivity index (χ2n) is 12.3. The van der Waals surface area contributed by atoms with Crippen LogP contribution in [-0.4, -0.2) is 79.0 Å². The first-order chi connectivity index (χ1) is 23.4. The first-order valence-electron chi connectivity index (χ1n) is 16.5. The monoisotopic (exact) mass is 657 g/mol. The Bertz CT molecular complexity index is 1560. The summed E-state index contributed by atoms with van der Waals surface area (Å²) in [5.74, 6) is -0.429. The van der Waals surface area contributed by atoms with E-state index in [1.807, 2.05) is 54.6 Å². The number of urea groups is 1. The Labute approximate surface area is 280 Å². The molecule has 0 unspecified atom stereocenters. The van der Waals surface area contributed by atoms with Gasteiger partial charge in [-0.15, -0.1) is 0 Å². The molecular weight excluding hydrogens is 614 g/mol. The number of aliphatic hydroxyl groups excluding tert-OH is 1. The Balaban J connectivity index is 1.15. The van der Waals surface area contributed by atoms with Crippen molar-refractivity contribution in [3.05, 3.63) is 95.6 Å². The smallest absolute Gasteiger partial charge is 0.325 e. The minimum atomic E-state index is -0.707. The van der Waals surface area contributed by atoms with Gasteiger partial charge in [-0.3, -0.25) is 9.59 Å². The van der Waals surface area contributed by atoms with Crippen molar-refractivity contribution < 1.29 is 33.7 Å². The van der Waals surface area contributed by atoms with Crippen LogP contribution >= 0.6 is 0 Å². The number of para-hydroxylation sites is 1. The molecule has 3 aliphatic rings. The van der Waals surface area contributed by atoms with Crippen LogP contribution in [0.4, 0.5) is 16.2 Å². The zero-order valence-electron chi connectivity index (χ0n) is 27.1. The number of amides is 3. The number of rotatable bonds is 10. The van der Waals surface area contributed by atoms with Crippen LogP contribution in [0.25, 0.3) is 0 Å². The largest absolute Gasteiger partial charge is 0.465 e. The molecule has 0 saturated carbocycles. The number of carbonyl (C=O) groups is 3. The Hall–Kier alpha value is -4.49. The zero-order valence-corrected chi connectivity index (χ0v) is 27.1. The zero-order chi connectivity index (χ0) is 33.5. The molecule has 3 aromatic rings. The van der Waals surface area contributed by atoms with Crippen molar-refractivity contribution in [1.29, 1.82) is 0 Å². The van der Waals surface area contributed by atoms with Crippen LogP contribution in [0.1, 0.15) is 55.3 Å². The maximum atomic E-state index is 13.2. The maximum Gasteiger partial charge on any atom is 0.325 e. The third kappa shape index (κ3) is 7.63. The Morgan fingerprint density at radius 1 is 1.00 bits per heavy atom. The van der Waals surface area contributed by atoms with Gasteiger partial charge in [0.05, 0.1) is 32.1 Å². The summed E-state index contributed by atoms with van der Waals surface area (Å²) in [6.07, 6.45) is 0.891. The van der Waals surface area contributed by atoms with E-state index in [4.69, 9.17) is 14.2 Å². The number of piperidine rings is 1. The third-order valence-corrected chi connectivity index (χ3v) is 9.28. The molecule has 3 fully saturated rings. The van der Waals surface area contributed by atoms with Crippen LogP contribution in [0.5, 0.6) is 0 Å². The van der Waals surface area contributed by atoms with Gasteiger partial charge in [0, 0.05) is 43.0 Å². The summed E-state index contributed by atoms with van der Waals surface area (Å²) in [7, 11) is 0. The molecule has 3 aliphatic heterocycles. The van der Waals surface area contributed by atoms with E-state index >= 15 is 0 Å². The van der Waals surface area contributed by atoms with Crippen LogP contribution in [0.15, 0.2) is 78.9 Å². The van der Waals surface area contributed by atoms with Crippen LogP contribution in [0.3, 0.4) is 0 Å². The minimum Gasteiger partial charge on any atom is -0.465 e. The summed E-state index contributed by atoms with van der Waals surface area (Å²) in [6.45, 7) is 4.34. The minimum absolute atomic E-state index is 0.0382. The molecule has 1 spiro atoms. The Morgan fingerprint density at radius 2 is 1.77 bits per heavy atom. The predicted molar refractivity (Wildman–Crippen MR) is 179 cm³/mol. The van der Waals surface area contributed by atoms with E-state index in [1.165, 1.54) is 0 Å². The van der Waals surface area contributed by atoms with E-state index in [0.717, 1.165) is 35.5 Å². The molecule has 3 heterocycles. The van der Waals surface area contributed by atoms with Gasteiger partial charge in [0.1, 0.15) is 12.1 Å². The number of anilines is 2. The summed E-state index contributed by atoms with van der Waals surface area (Å²) < 4.78 is 18.0. The first kappa shape index (κ1) is 33.4. The van der Waals surface area contributed by atoms with Crippen molar-refractivity contribution in [3.63, 3.8) is 0 Å². The van der Waals surface area contributed by atoms with Crippen LogP contribution in [-0.2, 0) is 30.4 Å². The highest BCUT2D eigenvalue weighted by Gasteiger charge is 2.50. The number of ether oxygens (including phenoxy) is 3. The highest BCUT2D eigenvalue weighted by molar-refractivity contribution is 5.93. The summed E-state index contributed by atoms with van der Waals surface area (Å²) in [6, 6.07) is 24.6. The molecular formula is C36H43N5O7. The SMILES string of the molecule is CCOC(=O)CNC(=O)Nc1cccc([C@@H]2O[C@H](CN3CCC4(CC3)C(=O)NCN4c3ccccc3)C[C@H](c3ccc(CO)cc3)O2)c1. The Morgan fingerprint density at radius 3 is 2.50 bits per heavy atom. The second-order valence-corrected chi connectivity index (χ2v) is 12.3. The van der Waals surface area contributed by atoms with Gasteiger partial charge in [-0.25, -0.2) is 4.79 Å². The quantitative estimate of drug-likeness (QED) is 0.240. The lowest BCUT2D eigenvalue weighted by atomic mass is 9.85. The van der Waals surface area contributed by atoms with Gasteiger partial charge in [0.25, 0.3) is 0 Å². The van der Waals surface area contributed by atoms with Crippen molar-refractivity contribution in [1.82, 2.24) is 15.5 Å². The van der Waals surface area contributed by atoms with Crippen LogP contribution in [0.2, 0.25) is 0 Å². The molecule has 0 radical (unpaired) electrons. The molecule has 3 amide bonds. The first-order valence-corrected chi connectivity index (χ1v) is 16.5. The fourth-order valence-electron chi connectivity index (χ4n) is 6.76. The topological polar surface area (TPSA) is 142 Å². The second kappa shape index (κ2) is 15.2. The lowest BCUT2D eigenvalue weighted by Gasteiger charge is -2.45. The van der Waals surface area contributed by atoms with Crippen molar-refractivity contribution >= 4 is 29.3 Å². The summed E-state index contributed by atoms with van der Waals surface area (Å²) in [5, 5.41) is 17.9. The van der Waals surface area contributed by atoms with Crippen molar-refractivity contribution in [3.8, 4) is 0 Å². The summed E-state index contributed by atoms with van der Waals surface area (Å²) in [4.78, 5) is 41.8. The van der Waals surface area contributed by atoms with Crippen LogP contribution < -0.4 is 20.9 Å². The van der Waals surface area contributed by atoms with E-state index in [9.17, 15) is 19.5 Å². The molecule has 0 bridgehead atoms. The highest BCUT2D eigenvalue weighted by atomic mass is 16.7. The van der Waals surface area contributed by atoms with Crippen molar-refractivity contribution in [2.45, 2.75) is 56.8 Å². The lowest BCUT2D eigenvalue weighted by molar-refractivity contribution is -0.253. The number of benzene rings is 3. The highest BCUT2D eigenvalue weighted by Crippen LogP contribution is 2.40. The maximum absolute atomic E-state index is 13.2. The molecule has 3 atom stereocenters. The molecule has 12 heteroatoms. The molecule has 6 rings (SSSR count). The van der Waals surface area contributed by atoms with Gasteiger partial charge in [-0.2, -0.15) is 0 Å². The van der Waals surface area contributed by atoms with Gasteiger partial charge in [0.15, 0.2) is 6.29 Å². The number of nitrogens with one attached hydrogen (secondary N) is 3. The lowest BCUT2D eigenvalue weighted by Crippen LogP contribution is -2.57. The van der Waals surface area contributed by atoms with E-state index in [2.05, 4.69) is 37.9 Å². The van der Waals surface area contributed by atoms with E-state index < -0.39 is 23.8 Å². The normalized spacial score (nSPS) is 22.2. The van der Waals surface area contributed by atoms with E-state index in [-0.39, 0.29) is 37.9 Å². The molecule has 3 aromatic carbocycles. The number of likely N-dealkylation sites (tertiary alicyclic amines) is 1. The standard InChI is InChI=1S/C36H43N5O7/c1-2-46-32(43)21-37-35(45)39-28-8-6-7-27(19-28)33-47-30(20-31(48-33)26-13-11-25(23-42)12-14-26)22-40-17-15-36(16-18-40)34(44)38-24-41(36)29-9-4-3-5-10-29/h3-14,19,30-31,33,42H,2,15-18,20-24H2,1H3,(H,38,44)(H2,37,39,45)/t30-,31+,33+/m0/s1. The summed E-state index contributed by atoms with van der Waals surface area (Å²) >= 11 is 0. The summed E-state index contributed by atoms with van der Waals surface area (Å²) in [5.41, 5.74) is 3.54. The number of hydrogen-bond acceptors (Lipinski definition) is 9. The number of hydrogen-bond donors (Lipinski definition) is 4. The fraction of sp³-hybridized carbons (Fsp3) is 0.417. The molecule has 4 N–H and O–H groups in total. The van der Waals surface area contributed by atoms with Crippen molar-refractivity contribution in [2.75, 3.05) is 49.7 Å². The molecule has 0 aliphatic carbocycles. The van der Waals surface area contributed by atoms with Gasteiger partial charge >= 0.3 is 12.0 Å². The van der Waals surface area contributed by atoms with Gasteiger partial charge < -0.3 is 45.1 Å². The van der Waals surface area contributed by atoms with Crippen LogP contribution in [0, 0.1) is 0 Å². The average molecular weight is 658 g/mol. The Kier molecular flexibility index (Phi) is 10.6. The van der Waals surface area contributed by atoms with Gasteiger partial charge in [-0.1, -0.05) is 54.6 Å².